The fourth-order valence-electron chi connectivity index (χ4n) is 2.55. The van der Waals surface area contributed by atoms with Crippen LogP contribution < -0.4 is 5.32 Å². The Hall–Kier alpha value is -2.90. The summed E-state index contributed by atoms with van der Waals surface area (Å²) >= 11 is 0. The second kappa shape index (κ2) is 8.66. The van der Waals surface area contributed by atoms with E-state index in [0.717, 1.165) is 5.56 Å². The van der Waals surface area contributed by atoms with Crippen LogP contribution in [0.25, 0.3) is 0 Å². The Kier molecular flexibility index (Phi) is 6.55. The largest absolute Gasteiger partial charge is 0.444 e. The van der Waals surface area contributed by atoms with Crippen LogP contribution in [-0.4, -0.2) is 40.6 Å². The highest BCUT2D eigenvalue weighted by molar-refractivity contribution is 6.01. The summed E-state index contributed by atoms with van der Waals surface area (Å²) in [5, 5.41) is 3.15. The van der Waals surface area contributed by atoms with Crippen molar-refractivity contribution in [1.82, 2.24) is 10.4 Å². The second-order valence-corrected chi connectivity index (χ2v) is 7.28. The van der Waals surface area contributed by atoms with Crippen LogP contribution in [0.3, 0.4) is 0 Å². The summed E-state index contributed by atoms with van der Waals surface area (Å²) in [6.07, 6.45) is -0.474. The van der Waals surface area contributed by atoms with Crippen molar-refractivity contribution in [2.45, 2.75) is 58.1 Å². The van der Waals surface area contributed by atoms with E-state index >= 15 is 0 Å². The molecule has 146 valence electrons. The number of alkyl carbamates (subject to hydrolysis) is 1. The maximum Gasteiger partial charge on any atom is 0.407 e. The van der Waals surface area contributed by atoms with Gasteiger partial charge in [0.1, 0.15) is 5.60 Å². The zero-order valence-corrected chi connectivity index (χ0v) is 15.7. The molecule has 0 spiro atoms. The lowest BCUT2D eigenvalue weighted by Gasteiger charge is -2.23. The first-order valence-electron chi connectivity index (χ1n) is 8.74. The van der Waals surface area contributed by atoms with Crippen molar-refractivity contribution in [3.8, 4) is 0 Å². The molecule has 0 aromatic heterocycles. The summed E-state index contributed by atoms with van der Waals surface area (Å²) in [6, 6.07) is 8.66. The van der Waals surface area contributed by atoms with Gasteiger partial charge in [-0.15, -0.1) is 5.06 Å². The SMILES string of the molecule is CC(C)(C)OC(=O)N[C@H](CC(=O)ON1C(=O)CCC1=O)Cc1ccccc1. The number of ether oxygens (including phenoxy) is 1. The van der Waals surface area contributed by atoms with Crippen LogP contribution in [0.5, 0.6) is 0 Å². The van der Waals surface area contributed by atoms with Gasteiger partial charge in [0, 0.05) is 18.9 Å². The Morgan fingerprint density at radius 1 is 1.11 bits per heavy atom. The smallest absolute Gasteiger partial charge is 0.407 e. The molecular weight excluding hydrogens is 352 g/mol. The minimum atomic E-state index is -0.782. The Balaban J connectivity index is 2.02. The van der Waals surface area contributed by atoms with Crippen molar-refractivity contribution in [2.24, 2.45) is 0 Å². The number of hydrogen-bond donors (Lipinski definition) is 1. The minimum Gasteiger partial charge on any atom is -0.444 e. The standard InChI is InChI=1S/C19H24N2O6/c1-19(2,3)26-18(25)20-14(11-13-7-5-4-6-8-13)12-17(24)27-21-15(22)9-10-16(21)23/h4-8,14H,9-12H2,1-3H3,(H,20,25)/t14-/m0/s1. The number of amides is 3. The normalized spacial score (nSPS) is 15.4. The number of imide groups is 1. The van der Waals surface area contributed by atoms with Gasteiger partial charge < -0.3 is 14.9 Å². The van der Waals surface area contributed by atoms with E-state index in [4.69, 9.17) is 9.57 Å². The third kappa shape index (κ3) is 6.73. The molecule has 3 amide bonds. The molecule has 1 fully saturated rings. The summed E-state index contributed by atoms with van der Waals surface area (Å²) < 4.78 is 5.23. The van der Waals surface area contributed by atoms with Crippen LogP contribution >= 0.6 is 0 Å². The molecule has 8 nitrogen and oxygen atoms in total. The Morgan fingerprint density at radius 2 is 1.70 bits per heavy atom. The second-order valence-electron chi connectivity index (χ2n) is 7.28. The fourth-order valence-corrected chi connectivity index (χ4v) is 2.55. The molecule has 2 rings (SSSR count). The molecular formula is C19H24N2O6. The molecule has 1 N–H and O–H groups in total. The first-order chi connectivity index (χ1) is 12.6. The molecule has 1 aromatic rings. The van der Waals surface area contributed by atoms with Crippen molar-refractivity contribution >= 4 is 23.9 Å². The van der Waals surface area contributed by atoms with Gasteiger partial charge in [-0.25, -0.2) is 9.59 Å². The monoisotopic (exact) mass is 376 g/mol. The molecule has 0 aliphatic carbocycles. The number of benzene rings is 1. The quantitative estimate of drug-likeness (QED) is 0.763. The lowest BCUT2D eigenvalue weighted by molar-refractivity contribution is -0.197. The molecule has 0 radical (unpaired) electrons. The molecule has 27 heavy (non-hydrogen) atoms. The summed E-state index contributed by atoms with van der Waals surface area (Å²) in [5.41, 5.74) is 0.218. The van der Waals surface area contributed by atoms with Crippen LogP contribution in [-0.2, 0) is 30.4 Å². The number of nitrogens with zero attached hydrogens (tertiary/aromatic N) is 1. The summed E-state index contributed by atoms with van der Waals surface area (Å²) in [4.78, 5) is 52.3. The van der Waals surface area contributed by atoms with Crippen LogP contribution in [0, 0.1) is 0 Å². The topological polar surface area (TPSA) is 102 Å². The first-order valence-corrected chi connectivity index (χ1v) is 8.74. The highest BCUT2D eigenvalue weighted by Gasteiger charge is 2.33. The van der Waals surface area contributed by atoms with E-state index in [1.54, 1.807) is 20.8 Å². The molecule has 1 saturated heterocycles. The minimum absolute atomic E-state index is 0.0235. The van der Waals surface area contributed by atoms with E-state index in [1.807, 2.05) is 30.3 Å². The van der Waals surface area contributed by atoms with E-state index in [2.05, 4.69) is 5.32 Å². The van der Waals surface area contributed by atoms with Crippen molar-refractivity contribution in [1.29, 1.82) is 0 Å². The Labute approximate surface area is 157 Å². The highest BCUT2D eigenvalue weighted by atomic mass is 16.7. The average molecular weight is 376 g/mol. The summed E-state index contributed by atoms with van der Waals surface area (Å²) in [5.74, 6) is -1.88. The maximum absolute atomic E-state index is 12.2. The van der Waals surface area contributed by atoms with Gasteiger partial charge in [0.05, 0.1) is 6.42 Å². The van der Waals surface area contributed by atoms with Crippen LogP contribution in [0.1, 0.15) is 45.6 Å². The van der Waals surface area contributed by atoms with Crippen molar-refractivity contribution in [3.63, 3.8) is 0 Å². The predicted molar refractivity (Wildman–Crippen MR) is 95.1 cm³/mol. The zero-order chi connectivity index (χ0) is 20.0. The van der Waals surface area contributed by atoms with Gasteiger partial charge in [-0.3, -0.25) is 9.59 Å². The number of hydrogen-bond acceptors (Lipinski definition) is 6. The Bertz CT molecular complexity index is 695. The number of carbonyl (C=O) groups is 4. The number of carbonyl (C=O) groups excluding carboxylic acids is 4. The first kappa shape index (κ1) is 20.4. The Morgan fingerprint density at radius 3 is 2.26 bits per heavy atom. The molecule has 1 aliphatic rings. The van der Waals surface area contributed by atoms with Gasteiger partial charge in [-0.1, -0.05) is 30.3 Å². The number of nitrogens with one attached hydrogen (secondary N) is 1. The van der Waals surface area contributed by atoms with Gasteiger partial charge in [0.15, 0.2) is 0 Å². The molecule has 0 unspecified atom stereocenters. The van der Waals surface area contributed by atoms with Gasteiger partial charge in [-0.05, 0) is 32.8 Å². The molecule has 1 atom stereocenters. The number of hydroxylamine groups is 2. The van der Waals surface area contributed by atoms with E-state index in [0.29, 0.717) is 11.5 Å². The fraction of sp³-hybridized carbons (Fsp3) is 0.474. The van der Waals surface area contributed by atoms with Gasteiger partial charge in [-0.2, -0.15) is 0 Å². The highest BCUT2D eigenvalue weighted by Crippen LogP contribution is 2.15. The summed E-state index contributed by atoms with van der Waals surface area (Å²) in [6.45, 7) is 5.20. The molecule has 1 heterocycles. The number of rotatable bonds is 6. The lowest BCUT2D eigenvalue weighted by atomic mass is 10.0. The van der Waals surface area contributed by atoms with Gasteiger partial charge in [0.25, 0.3) is 11.8 Å². The average Bonchev–Trinajstić information content (AvgIpc) is 2.85. The van der Waals surface area contributed by atoms with E-state index in [9.17, 15) is 19.2 Å². The van der Waals surface area contributed by atoms with Crippen LogP contribution in [0.2, 0.25) is 0 Å². The molecule has 8 heteroatoms. The summed E-state index contributed by atoms with van der Waals surface area (Å²) in [7, 11) is 0. The molecule has 1 aliphatic heterocycles. The van der Waals surface area contributed by atoms with E-state index in [-0.39, 0.29) is 19.3 Å². The van der Waals surface area contributed by atoms with Crippen molar-refractivity contribution in [3.05, 3.63) is 35.9 Å². The third-order valence-corrected chi connectivity index (χ3v) is 3.66. The van der Waals surface area contributed by atoms with Gasteiger partial charge in [0.2, 0.25) is 0 Å². The molecule has 0 bridgehead atoms. The third-order valence-electron chi connectivity index (χ3n) is 3.66. The van der Waals surface area contributed by atoms with E-state index in [1.165, 1.54) is 0 Å². The van der Waals surface area contributed by atoms with E-state index < -0.39 is 35.5 Å². The zero-order valence-electron chi connectivity index (χ0n) is 15.7. The van der Waals surface area contributed by atoms with Crippen LogP contribution in [0.15, 0.2) is 30.3 Å². The molecule has 0 saturated carbocycles. The van der Waals surface area contributed by atoms with Gasteiger partial charge >= 0.3 is 12.1 Å². The predicted octanol–water partition coefficient (Wildman–Crippen LogP) is 2.12. The molecule has 1 aromatic carbocycles. The van der Waals surface area contributed by atoms with Crippen molar-refractivity contribution in [2.75, 3.05) is 0 Å². The van der Waals surface area contributed by atoms with Crippen LogP contribution in [0.4, 0.5) is 4.79 Å². The van der Waals surface area contributed by atoms with Crippen molar-refractivity contribution < 1.29 is 28.8 Å². The maximum atomic E-state index is 12.2. The lowest BCUT2D eigenvalue weighted by Crippen LogP contribution is -2.42.